The Morgan fingerprint density at radius 2 is 1.75 bits per heavy atom. The lowest BCUT2D eigenvalue weighted by atomic mass is 9.98. The van der Waals surface area contributed by atoms with Crippen molar-refractivity contribution >= 4 is 39.6 Å². The van der Waals surface area contributed by atoms with E-state index in [1.165, 1.54) is 6.07 Å². The minimum atomic E-state index is -0.619. The van der Waals surface area contributed by atoms with E-state index in [9.17, 15) is 19.2 Å². The molecule has 5 heterocycles. The number of aromatic nitrogens is 5. The molecule has 9 rings (SSSR count). The van der Waals surface area contributed by atoms with Crippen molar-refractivity contribution in [1.29, 1.82) is 0 Å². The molecule has 2 N–H and O–H groups in total. The molecule has 53 heavy (non-hydrogen) atoms. The molecule has 2 amide bonds. The van der Waals surface area contributed by atoms with Gasteiger partial charge in [0.25, 0.3) is 17.0 Å². The molecule has 2 aromatic carbocycles. The van der Waals surface area contributed by atoms with Gasteiger partial charge in [-0.2, -0.15) is 10.1 Å². The van der Waals surface area contributed by atoms with Gasteiger partial charge in [0.1, 0.15) is 11.5 Å². The number of halogens is 1. The smallest absolute Gasteiger partial charge is 0.272 e. The standard InChI is InChI=1S/C40H41FN8O4/c1-23-18-34(50)49(26-6-2-3-7-26)35-30(23)22-42-39(44-35)43-25-12-15-47(16-13-25)38(53)40-14-17-48(33(40)21-40)37(52)29-19-24(10-11-31(29)41)20-32-27-8-4-5-9-28(27)36(51)46-45-32/h4-5,8-11,18-19,22,25-26,33H,2-3,6-7,12-17,20-21H2,1H3,(H,46,51)(H,42,43,44). The highest BCUT2D eigenvalue weighted by Gasteiger charge is 2.68. The van der Waals surface area contributed by atoms with Crippen molar-refractivity contribution in [2.75, 3.05) is 25.0 Å². The van der Waals surface area contributed by atoms with Gasteiger partial charge in [-0.3, -0.25) is 23.7 Å². The number of H-pyrrole nitrogens is 1. The largest absolute Gasteiger partial charge is 0.351 e. The molecule has 2 unspecified atom stereocenters. The molecule has 3 aromatic heterocycles. The second kappa shape index (κ2) is 12.9. The lowest BCUT2D eigenvalue weighted by Crippen LogP contribution is -2.46. The Labute approximate surface area is 304 Å². The number of amides is 2. The highest BCUT2D eigenvalue weighted by atomic mass is 19.1. The highest BCUT2D eigenvalue weighted by Crippen LogP contribution is 2.58. The van der Waals surface area contributed by atoms with Crippen molar-refractivity contribution in [1.82, 2.24) is 34.5 Å². The number of nitrogens with zero attached hydrogens (tertiary/aromatic N) is 6. The normalized spacial score (nSPS) is 21.7. The molecule has 2 saturated carbocycles. The number of rotatable bonds is 7. The zero-order chi connectivity index (χ0) is 36.4. The van der Waals surface area contributed by atoms with Crippen LogP contribution in [0.15, 0.2) is 64.3 Å². The summed E-state index contributed by atoms with van der Waals surface area (Å²) < 4.78 is 17.0. The van der Waals surface area contributed by atoms with Crippen LogP contribution in [0, 0.1) is 18.2 Å². The van der Waals surface area contributed by atoms with Gasteiger partial charge in [-0.25, -0.2) is 14.5 Å². The fourth-order valence-electron chi connectivity index (χ4n) is 9.10. The van der Waals surface area contributed by atoms with Crippen LogP contribution in [0.2, 0.25) is 0 Å². The van der Waals surface area contributed by atoms with Crippen LogP contribution in [0.25, 0.3) is 21.8 Å². The summed E-state index contributed by atoms with van der Waals surface area (Å²) in [5, 5.41) is 12.3. The average molecular weight is 717 g/mol. The molecule has 4 fully saturated rings. The summed E-state index contributed by atoms with van der Waals surface area (Å²) in [7, 11) is 0. The first-order valence-electron chi connectivity index (χ1n) is 18.7. The Morgan fingerprint density at radius 1 is 0.981 bits per heavy atom. The number of likely N-dealkylation sites (tertiary alicyclic amines) is 2. The lowest BCUT2D eigenvalue weighted by molar-refractivity contribution is -0.138. The molecule has 2 atom stereocenters. The van der Waals surface area contributed by atoms with Crippen LogP contribution in [-0.2, 0) is 11.2 Å². The Morgan fingerprint density at radius 3 is 2.53 bits per heavy atom. The maximum Gasteiger partial charge on any atom is 0.272 e. The molecule has 2 saturated heterocycles. The van der Waals surface area contributed by atoms with Gasteiger partial charge in [0.2, 0.25) is 11.9 Å². The number of benzene rings is 2. The maximum atomic E-state index is 15.2. The average Bonchev–Trinajstić information content (AvgIpc) is 3.45. The number of fused-ring (bicyclic) bond motifs is 3. The summed E-state index contributed by atoms with van der Waals surface area (Å²) in [4.78, 5) is 66.1. The molecule has 0 spiro atoms. The van der Waals surface area contributed by atoms with Gasteiger partial charge in [-0.05, 0) is 74.8 Å². The van der Waals surface area contributed by atoms with Crippen molar-refractivity contribution in [3.63, 3.8) is 0 Å². The highest BCUT2D eigenvalue weighted by molar-refractivity contribution is 5.98. The van der Waals surface area contributed by atoms with Crippen molar-refractivity contribution in [2.24, 2.45) is 5.41 Å². The van der Waals surface area contributed by atoms with Crippen LogP contribution in [0.5, 0.6) is 0 Å². The van der Waals surface area contributed by atoms with E-state index in [0.29, 0.717) is 72.5 Å². The van der Waals surface area contributed by atoms with Crippen molar-refractivity contribution in [2.45, 2.75) is 82.8 Å². The number of hydrogen-bond donors (Lipinski definition) is 2. The lowest BCUT2D eigenvalue weighted by Gasteiger charge is -2.34. The number of nitrogens with one attached hydrogen (secondary N) is 2. The quantitative estimate of drug-likeness (QED) is 0.242. The summed E-state index contributed by atoms with van der Waals surface area (Å²) in [5.41, 5.74) is 1.93. The first kappa shape index (κ1) is 33.4. The van der Waals surface area contributed by atoms with Gasteiger partial charge in [0, 0.05) is 67.2 Å². The van der Waals surface area contributed by atoms with Crippen molar-refractivity contribution in [3.05, 3.63) is 104 Å². The van der Waals surface area contributed by atoms with E-state index in [2.05, 4.69) is 20.5 Å². The summed E-state index contributed by atoms with van der Waals surface area (Å²) in [5.74, 6) is -0.457. The zero-order valence-electron chi connectivity index (χ0n) is 29.6. The number of aryl methyl sites for hydroxylation is 1. The van der Waals surface area contributed by atoms with Crippen LogP contribution in [-0.4, -0.2) is 78.1 Å². The molecular weight excluding hydrogens is 675 g/mol. The van der Waals surface area contributed by atoms with E-state index < -0.39 is 17.1 Å². The van der Waals surface area contributed by atoms with Gasteiger partial charge in [-0.15, -0.1) is 0 Å². The van der Waals surface area contributed by atoms with Crippen LogP contribution in [0.1, 0.15) is 84.6 Å². The van der Waals surface area contributed by atoms with Crippen LogP contribution in [0.4, 0.5) is 10.3 Å². The van der Waals surface area contributed by atoms with E-state index >= 15 is 4.39 Å². The molecule has 272 valence electrons. The summed E-state index contributed by atoms with van der Waals surface area (Å²) in [6.45, 7) is 3.46. The fourth-order valence-corrected chi connectivity index (χ4v) is 9.10. The molecular formula is C40H41FN8O4. The summed E-state index contributed by atoms with van der Waals surface area (Å²) in [6, 6.07) is 13.3. The number of piperidine rings is 2. The predicted molar refractivity (Wildman–Crippen MR) is 197 cm³/mol. The third-order valence-corrected chi connectivity index (χ3v) is 12.1. The molecule has 5 aromatic rings. The molecule has 4 aliphatic rings. The number of carbonyl (C=O) groups excluding carboxylic acids is 2. The maximum absolute atomic E-state index is 15.2. The van der Waals surface area contributed by atoms with Crippen LogP contribution >= 0.6 is 0 Å². The topological polar surface area (TPSA) is 146 Å². The Hall–Kier alpha value is -5.46. The number of hydrogen-bond acceptors (Lipinski definition) is 8. The molecule has 0 radical (unpaired) electrons. The fraction of sp³-hybridized carbons (Fsp3) is 0.425. The molecule has 2 aliphatic carbocycles. The number of aromatic amines is 1. The predicted octanol–water partition coefficient (Wildman–Crippen LogP) is 4.89. The van der Waals surface area contributed by atoms with Crippen LogP contribution in [0.3, 0.4) is 0 Å². The van der Waals surface area contributed by atoms with Crippen molar-refractivity contribution < 1.29 is 14.0 Å². The van der Waals surface area contributed by atoms with Crippen LogP contribution < -0.4 is 16.4 Å². The SMILES string of the molecule is Cc1cc(=O)n(C2CCCC2)c2nc(NC3CCN(C(=O)C45CCN(C(=O)c6cc(Cc7n[nH]c(=O)c8ccccc78)ccc6F)C4C5)CC3)ncc12. The van der Waals surface area contributed by atoms with Gasteiger partial charge in [0.05, 0.1) is 22.1 Å². The first-order chi connectivity index (χ1) is 25.7. The minimum absolute atomic E-state index is 0.0176. The van der Waals surface area contributed by atoms with Gasteiger partial charge < -0.3 is 15.1 Å². The Bertz CT molecular complexity index is 2410. The van der Waals surface area contributed by atoms with Gasteiger partial charge in [-0.1, -0.05) is 37.1 Å². The van der Waals surface area contributed by atoms with Gasteiger partial charge >= 0.3 is 0 Å². The second-order valence-electron chi connectivity index (χ2n) is 15.3. The van der Waals surface area contributed by atoms with E-state index in [1.54, 1.807) is 41.4 Å². The van der Waals surface area contributed by atoms with E-state index in [-0.39, 0.29) is 40.7 Å². The number of pyridine rings is 1. The monoisotopic (exact) mass is 716 g/mol. The first-order valence-corrected chi connectivity index (χ1v) is 18.7. The summed E-state index contributed by atoms with van der Waals surface area (Å²) in [6.07, 6.45) is 8.86. The molecule has 2 aliphatic heterocycles. The zero-order valence-corrected chi connectivity index (χ0v) is 29.6. The third-order valence-electron chi connectivity index (χ3n) is 12.1. The Balaban J connectivity index is 0.848. The van der Waals surface area contributed by atoms with E-state index in [4.69, 9.17) is 4.98 Å². The number of carbonyl (C=O) groups is 2. The van der Waals surface area contributed by atoms with E-state index in [0.717, 1.165) is 49.5 Å². The Kier molecular flexibility index (Phi) is 8.12. The number of anilines is 1. The second-order valence-corrected chi connectivity index (χ2v) is 15.3. The van der Waals surface area contributed by atoms with Crippen molar-refractivity contribution in [3.8, 4) is 0 Å². The minimum Gasteiger partial charge on any atom is -0.351 e. The van der Waals surface area contributed by atoms with E-state index in [1.807, 2.05) is 28.5 Å². The molecule has 12 nitrogen and oxygen atoms in total. The third kappa shape index (κ3) is 5.77. The van der Waals surface area contributed by atoms with Gasteiger partial charge in [0.15, 0.2) is 0 Å². The molecule has 13 heteroatoms. The molecule has 0 bridgehead atoms. The summed E-state index contributed by atoms with van der Waals surface area (Å²) >= 11 is 0.